The zero-order valence-electron chi connectivity index (χ0n) is 12.5. The van der Waals surface area contributed by atoms with E-state index < -0.39 is 0 Å². The lowest BCUT2D eigenvalue weighted by Gasteiger charge is -2.08. The maximum Gasteiger partial charge on any atom is 0.316 e. The number of thioether (sulfide) groups is 1. The van der Waals surface area contributed by atoms with Crippen LogP contribution in [0.4, 0.5) is 5.69 Å². The van der Waals surface area contributed by atoms with Gasteiger partial charge in [0.05, 0.1) is 5.75 Å². The molecule has 2 aromatic rings. The van der Waals surface area contributed by atoms with Gasteiger partial charge in [0.15, 0.2) is 6.61 Å². The summed E-state index contributed by atoms with van der Waals surface area (Å²) in [5, 5.41) is 4.70. The molecule has 0 aliphatic heterocycles. The van der Waals surface area contributed by atoms with Crippen LogP contribution in [0.5, 0.6) is 0 Å². The van der Waals surface area contributed by atoms with Gasteiger partial charge in [0, 0.05) is 20.8 Å². The summed E-state index contributed by atoms with van der Waals surface area (Å²) in [6.45, 7) is 1.66. The topological polar surface area (TPSA) is 55.4 Å². The molecule has 1 amide bonds. The predicted molar refractivity (Wildman–Crippen MR) is 98.9 cm³/mol. The van der Waals surface area contributed by atoms with E-state index in [1.807, 2.05) is 36.6 Å². The van der Waals surface area contributed by atoms with Gasteiger partial charge in [-0.05, 0) is 42.1 Å². The molecule has 0 bridgehead atoms. The minimum absolute atomic E-state index is 0.239. The fraction of sp³-hybridized carbons (Fsp3) is 0.250. The largest absolute Gasteiger partial charge is 0.455 e. The summed E-state index contributed by atoms with van der Waals surface area (Å²) >= 11 is 6.53. The van der Waals surface area contributed by atoms with Crippen molar-refractivity contribution in [2.24, 2.45) is 0 Å². The zero-order valence-corrected chi connectivity index (χ0v) is 15.7. The van der Waals surface area contributed by atoms with Crippen molar-refractivity contribution in [3.8, 4) is 0 Å². The first-order valence-electron chi connectivity index (χ1n) is 6.86. The maximum absolute atomic E-state index is 11.8. The third kappa shape index (κ3) is 6.37. The second-order valence-corrected chi connectivity index (χ2v) is 7.62. The number of thiophene rings is 1. The third-order valence-corrected chi connectivity index (χ3v) is 5.75. The van der Waals surface area contributed by atoms with Gasteiger partial charge in [-0.15, -0.1) is 23.1 Å². The van der Waals surface area contributed by atoms with E-state index in [2.05, 4.69) is 21.2 Å². The number of benzene rings is 1. The SMILES string of the molecule is Cc1cc(NC(=O)COC(=O)CSCc2cccs2)ccc1Br. The summed E-state index contributed by atoms with van der Waals surface area (Å²) < 4.78 is 5.95. The van der Waals surface area contributed by atoms with Crippen molar-refractivity contribution in [1.29, 1.82) is 0 Å². The van der Waals surface area contributed by atoms with E-state index in [4.69, 9.17) is 4.74 Å². The Bertz CT molecular complexity index is 674. The number of hydrogen-bond donors (Lipinski definition) is 1. The summed E-state index contributed by atoms with van der Waals surface area (Å²) in [6, 6.07) is 9.50. The first-order valence-corrected chi connectivity index (χ1v) is 9.69. The molecule has 1 aromatic carbocycles. The molecule has 0 saturated heterocycles. The van der Waals surface area contributed by atoms with Crippen LogP contribution in [0.2, 0.25) is 0 Å². The molecule has 0 atom stereocenters. The van der Waals surface area contributed by atoms with Crippen molar-refractivity contribution in [3.63, 3.8) is 0 Å². The quantitative estimate of drug-likeness (QED) is 0.689. The number of ether oxygens (including phenoxy) is 1. The van der Waals surface area contributed by atoms with Gasteiger partial charge in [-0.25, -0.2) is 0 Å². The summed E-state index contributed by atoms with van der Waals surface area (Å²) in [7, 11) is 0. The number of rotatable bonds is 7. The average molecular weight is 414 g/mol. The van der Waals surface area contributed by atoms with Crippen LogP contribution in [0.15, 0.2) is 40.2 Å². The number of anilines is 1. The molecular formula is C16H16BrNO3S2. The van der Waals surface area contributed by atoms with Gasteiger partial charge in [-0.3, -0.25) is 9.59 Å². The molecular weight excluding hydrogens is 398 g/mol. The highest BCUT2D eigenvalue weighted by Crippen LogP contribution is 2.20. The summed E-state index contributed by atoms with van der Waals surface area (Å²) in [5.41, 5.74) is 1.70. The van der Waals surface area contributed by atoms with Crippen LogP contribution in [0, 0.1) is 6.92 Å². The number of nitrogens with one attached hydrogen (secondary N) is 1. The van der Waals surface area contributed by atoms with Crippen molar-refractivity contribution < 1.29 is 14.3 Å². The maximum atomic E-state index is 11.8. The number of amides is 1. The zero-order chi connectivity index (χ0) is 16.7. The van der Waals surface area contributed by atoms with Gasteiger partial charge in [0.1, 0.15) is 0 Å². The van der Waals surface area contributed by atoms with Gasteiger partial charge in [-0.2, -0.15) is 0 Å². The molecule has 0 unspecified atom stereocenters. The Kier molecular flexibility index (Phi) is 7.14. The molecule has 0 aliphatic carbocycles. The minimum Gasteiger partial charge on any atom is -0.455 e. The Morgan fingerprint density at radius 2 is 2.17 bits per heavy atom. The van der Waals surface area contributed by atoms with E-state index in [1.165, 1.54) is 16.6 Å². The minimum atomic E-state index is -0.381. The van der Waals surface area contributed by atoms with E-state index in [0.29, 0.717) is 5.69 Å². The number of carbonyl (C=O) groups is 2. The van der Waals surface area contributed by atoms with Gasteiger partial charge in [0.2, 0.25) is 0 Å². The fourth-order valence-corrected chi connectivity index (χ4v) is 3.64. The Balaban J connectivity index is 1.67. The first kappa shape index (κ1) is 18.0. The van der Waals surface area contributed by atoms with E-state index in [-0.39, 0.29) is 24.2 Å². The Labute approximate surface area is 151 Å². The lowest BCUT2D eigenvalue weighted by atomic mass is 10.2. The number of halogens is 1. The molecule has 1 aromatic heterocycles. The second-order valence-electron chi connectivity index (χ2n) is 4.74. The summed E-state index contributed by atoms with van der Waals surface area (Å²) in [6.07, 6.45) is 0. The first-order chi connectivity index (χ1) is 11.0. The van der Waals surface area contributed by atoms with Gasteiger partial charge in [0.25, 0.3) is 5.91 Å². The van der Waals surface area contributed by atoms with Gasteiger partial charge < -0.3 is 10.1 Å². The standard InChI is InChI=1S/C16H16BrNO3S2/c1-11-7-12(4-5-14(11)17)18-15(19)8-21-16(20)10-22-9-13-3-2-6-23-13/h2-7H,8-10H2,1H3,(H,18,19). The molecule has 7 heteroatoms. The predicted octanol–water partition coefficient (Wildman–Crippen LogP) is 4.23. The number of carbonyl (C=O) groups excluding carboxylic acids is 2. The van der Waals surface area contributed by atoms with Crippen molar-refractivity contribution in [1.82, 2.24) is 0 Å². The molecule has 0 saturated carbocycles. The van der Waals surface area contributed by atoms with Gasteiger partial charge in [-0.1, -0.05) is 22.0 Å². The van der Waals surface area contributed by atoms with E-state index in [0.717, 1.165) is 15.8 Å². The average Bonchev–Trinajstić information content (AvgIpc) is 3.02. The smallest absolute Gasteiger partial charge is 0.316 e. The molecule has 0 radical (unpaired) electrons. The number of aryl methyl sites for hydroxylation is 1. The third-order valence-electron chi connectivity index (χ3n) is 2.85. The van der Waals surface area contributed by atoms with Crippen LogP contribution >= 0.6 is 39.0 Å². The van der Waals surface area contributed by atoms with Crippen molar-refractivity contribution in [3.05, 3.63) is 50.6 Å². The summed E-state index contributed by atoms with van der Waals surface area (Å²) in [4.78, 5) is 24.6. The van der Waals surface area contributed by atoms with Crippen LogP contribution in [-0.2, 0) is 20.1 Å². The molecule has 0 aliphatic rings. The van der Waals surface area contributed by atoms with E-state index >= 15 is 0 Å². The Morgan fingerprint density at radius 3 is 2.87 bits per heavy atom. The lowest BCUT2D eigenvalue weighted by Crippen LogP contribution is -2.21. The molecule has 2 rings (SSSR count). The van der Waals surface area contributed by atoms with Crippen LogP contribution in [0.25, 0.3) is 0 Å². The molecule has 0 spiro atoms. The lowest BCUT2D eigenvalue weighted by molar-refractivity contribution is -0.144. The molecule has 0 fully saturated rings. The summed E-state index contributed by atoms with van der Waals surface area (Å²) in [5.74, 6) is 0.289. The molecule has 4 nitrogen and oxygen atoms in total. The normalized spacial score (nSPS) is 10.3. The number of hydrogen-bond acceptors (Lipinski definition) is 5. The van der Waals surface area contributed by atoms with Crippen LogP contribution in [-0.4, -0.2) is 24.2 Å². The van der Waals surface area contributed by atoms with Crippen LogP contribution in [0.3, 0.4) is 0 Å². The van der Waals surface area contributed by atoms with Crippen molar-refractivity contribution in [2.45, 2.75) is 12.7 Å². The Hall–Kier alpha value is -1.31. The number of esters is 1. The Morgan fingerprint density at radius 1 is 1.35 bits per heavy atom. The van der Waals surface area contributed by atoms with Crippen LogP contribution in [0.1, 0.15) is 10.4 Å². The fourth-order valence-electron chi connectivity index (χ4n) is 1.74. The highest BCUT2D eigenvalue weighted by Gasteiger charge is 2.09. The van der Waals surface area contributed by atoms with Gasteiger partial charge >= 0.3 is 5.97 Å². The van der Waals surface area contributed by atoms with E-state index in [9.17, 15) is 9.59 Å². The molecule has 1 heterocycles. The highest BCUT2D eigenvalue weighted by molar-refractivity contribution is 9.10. The molecule has 1 N–H and O–H groups in total. The van der Waals surface area contributed by atoms with Crippen molar-refractivity contribution >= 4 is 56.6 Å². The molecule has 122 valence electrons. The van der Waals surface area contributed by atoms with Crippen molar-refractivity contribution in [2.75, 3.05) is 17.7 Å². The van der Waals surface area contributed by atoms with E-state index in [1.54, 1.807) is 17.4 Å². The van der Waals surface area contributed by atoms with Crippen LogP contribution < -0.4 is 5.32 Å². The second kappa shape index (κ2) is 9.10. The molecule has 23 heavy (non-hydrogen) atoms. The monoisotopic (exact) mass is 413 g/mol. The highest BCUT2D eigenvalue weighted by atomic mass is 79.9.